The maximum atomic E-state index is 11.9. The molecule has 1 N–H and O–H groups in total. The summed E-state index contributed by atoms with van der Waals surface area (Å²) in [7, 11) is 0. The fourth-order valence-electron chi connectivity index (χ4n) is 2.06. The zero-order valence-electron chi connectivity index (χ0n) is 9.35. The van der Waals surface area contributed by atoms with Crippen LogP contribution in [0.1, 0.15) is 29.6 Å². The first-order valence-corrected chi connectivity index (χ1v) is 5.80. The fourth-order valence-corrected chi connectivity index (χ4v) is 2.06. The van der Waals surface area contributed by atoms with Crippen LogP contribution in [0.2, 0.25) is 0 Å². The van der Waals surface area contributed by atoms with Gasteiger partial charge in [0, 0.05) is 5.56 Å². The predicted octanol–water partition coefficient (Wildman–Crippen LogP) is 2.06. The molecule has 1 saturated heterocycles. The van der Waals surface area contributed by atoms with Gasteiger partial charge < -0.3 is 5.11 Å². The normalized spacial score (nSPS) is 17.2. The number of phenols is 1. The third kappa shape index (κ3) is 2.83. The Morgan fingerprint density at radius 1 is 1.12 bits per heavy atom. The predicted molar refractivity (Wildman–Crippen MR) is 62.7 cm³/mol. The molecule has 2 rings (SSSR count). The first kappa shape index (κ1) is 11.1. The SMILES string of the molecule is O=C(CN1CCCCC1)c1ccc(O)cc1. The Labute approximate surface area is 95.7 Å². The number of carbonyl (C=O) groups excluding carboxylic acids is 1. The number of benzene rings is 1. The lowest BCUT2D eigenvalue weighted by atomic mass is 10.1. The number of aromatic hydroxyl groups is 1. The van der Waals surface area contributed by atoms with E-state index in [2.05, 4.69) is 4.90 Å². The molecule has 1 fully saturated rings. The number of hydrogen-bond donors (Lipinski definition) is 1. The largest absolute Gasteiger partial charge is 0.508 e. The van der Waals surface area contributed by atoms with Crippen molar-refractivity contribution in [1.29, 1.82) is 0 Å². The average Bonchev–Trinajstić information content (AvgIpc) is 2.31. The van der Waals surface area contributed by atoms with Gasteiger partial charge in [-0.25, -0.2) is 0 Å². The molecule has 3 nitrogen and oxygen atoms in total. The number of ketones is 1. The van der Waals surface area contributed by atoms with Crippen molar-refractivity contribution in [2.75, 3.05) is 19.6 Å². The van der Waals surface area contributed by atoms with E-state index in [0.29, 0.717) is 12.1 Å². The lowest BCUT2D eigenvalue weighted by molar-refractivity contribution is 0.0915. The standard InChI is InChI=1S/C13H17NO2/c15-12-6-4-11(5-7-12)13(16)10-14-8-2-1-3-9-14/h4-7,15H,1-3,8-10H2. The van der Waals surface area contributed by atoms with Crippen LogP contribution in [0.3, 0.4) is 0 Å². The molecule has 0 unspecified atom stereocenters. The number of carbonyl (C=O) groups is 1. The van der Waals surface area contributed by atoms with Gasteiger partial charge in [-0.05, 0) is 50.2 Å². The lowest BCUT2D eigenvalue weighted by Gasteiger charge is -2.25. The van der Waals surface area contributed by atoms with Crippen LogP contribution in [0.25, 0.3) is 0 Å². The van der Waals surface area contributed by atoms with Gasteiger partial charge in [-0.15, -0.1) is 0 Å². The quantitative estimate of drug-likeness (QED) is 0.791. The lowest BCUT2D eigenvalue weighted by Crippen LogP contribution is -2.34. The monoisotopic (exact) mass is 219 g/mol. The minimum Gasteiger partial charge on any atom is -0.508 e. The van der Waals surface area contributed by atoms with Gasteiger partial charge in [0.25, 0.3) is 0 Å². The molecule has 0 spiro atoms. The number of piperidine rings is 1. The van der Waals surface area contributed by atoms with Crippen LogP contribution in [-0.2, 0) is 0 Å². The summed E-state index contributed by atoms with van der Waals surface area (Å²) in [6.45, 7) is 2.57. The summed E-state index contributed by atoms with van der Waals surface area (Å²) >= 11 is 0. The minimum atomic E-state index is 0.141. The van der Waals surface area contributed by atoms with Gasteiger partial charge in [-0.2, -0.15) is 0 Å². The van der Waals surface area contributed by atoms with E-state index in [4.69, 9.17) is 5.11 Å². The highest BCUT2D eigenvalue weighted by molar-refractivity contribution is 5.97. The van der Waals surface area contributed by atoms with Gasteiger partial charge in [0.1, 0.15) is 5.75 Å². The molecule has 0 aliphatic carbocycles. The van der Waals surface area contributed by atoms with Crippen molar-refractivity contribution in [2.45, 2.75) is 19.3 Å². The number of nitrogens with zero attached hydrogens (tertiary/aromatic N) is 1. The van der Waals surface area contributed by atoms with Crippen molar-refractivity contribution < 1.29 is 9.90 Å². The van der Waals surface area contributed by atoms with Crippen molar-refractivity contribution in [3.05, 3.63) is 29.8 Å². The molecule has 86 valence electrons. The molecule has 16 heavy (non-hydrogen) atoms. The van der Waals surface area contributed by atoms with E-state index < -0.39 is 0 Å². The first-order valence-electron chi connectivity index (χ1n) is 5.80. The highest BCUT2D eigenvalue weighted by Crippen LogP contribution is 2.13. The minimum absolute atomic E-state index is 0.141. The van der Waals surface area contributed by atoms with Crippen LogP contribution in [0.4, 0.5) is 0 Å². The van der Waals surface area contributed by atoms with E-state index >= 15 is 0 Å². The van der Waals surface area contributed by atoms with E-state index in [1.54, 1.807) is 24.3 Å². The van der Waals surface area contributed by atoms with Crippen molar-refractivity contribution >= 4 is 5.78 Å². The molecule has 1 heterocycles. The molecule has 0 radical (unpaired) electrons. The second kappa shape index (κ2) is 5.12. The topological polar surface area (TPSA) is 40.5 Å². The maximum absolute atomic E-state index is 11.9. The highest BCUT2D eigenvalue weighted by Gasteiger charge is 2.14. The molecular formula is C13H17NO2. The van der Waals surface area contributed by atoms with Gasteiger partial charge in [0.05, 0.1) is 6.54 Å². The molecule has 1 aromatic rings. The molecule has 0 bridgehead atoms. The van der Waals surface area contributed by atoms with Gasteiger partial charge in [-0.1, -0.05) is 6.42 Å². The third-order valence-corrected chi connectivity index (χ3v) is 3.01. The van der Waals surface area contributed by atoms with Crippen LogP contribution in [-0.4, -0.2) is 35.4 Å². The second-order valence-corrected chi connectivity index (χ2v) is 4.31. The van der Waals surface area contributed by atoms with Crippen LogP contribution in [0, 0.1) is 0 Å². The van der Waals surface area contributed by atoms with Crippen molar-refractivity contribution in [3.63, 3.8) is 0 Å². The molecule has 0 amide bonds. The molecule has 1 aliphatic heterocycles. The number of hydrogen-bond acceptors (Lipinski definition) is 3. The van der Waals surface area contributed by atoms with Crippen molar-refractivity contribution in [3.8, 4) is 5.75 Å². The van der Waals surface area contributed by atoms with E-state index in [9.17, 15) is 4.79 Å². The summed E-state index contributed by atoms with van der Waals surface area (Å²) in [6, 6.07) is 6.48. The molecule has 3 heteroatoms. The van der Waals surface area contributed by atoms with Gasteiger partial charge in [0.15, 0.2) is 5.78 Å². The molecule has 1 aromatic carbocycles. The summed E-state index contributed by atoms with van der Waals surface area (Å²) < 4.78 is 0. The number of likely N-dealkylation sites (tertiary alicyclic amines) is 1. The van der Waals surface area contributed by atoms with Crippen LogP contribution in [0.15, 0.2) is 24.3 Å². The van der Waals surface area contributed by atoms with E-state index in [1.165, 1.54) is 19.3 Å². The Hall–Kier alpha value is -1.35. The zero-order valence-corrected chi connectivity index (χ0v) is 9.35. The Morgan fingerprint density at radius 3 is 2.38 bits per heavy atom. The Kier molecular flexibility index (Phi) is 3.57. The Bertz CT molecular complexity index is 353. The Morgan fingerprint density at radius 2 is 1.75 bits per heavy atom. The van der Waals surface area contributed by atoms with Gasteiger partial charge in [-0.3, -0.25) is 9.69 Å². The molecule has 0 saturated carbocycles. The smallest absolute Gasteiger partial charge is 0.176 e. The van der Waals surface area contributed by atoms with E-state index in [0.717, 1.165) is 13.1 Å². The van der Waals surface area contributed by atoms with Gasteiger partial charge in [0.2, 0.25) is 0 Å². The van der Waals surface area contributed by atoms with Crippen LogP contribution >= 0.6 is 0 Å². The zero-order chi connectivity index (χ0) is 11.4. The van der Waals surface area contributed by atoms with Crippen LogP contribution in [0.5, 0.6) is 5.75 Å². The summed E-state index contributed by atoms with van der Waals surface area (Å²) in [5.74, 6) is 0.344. The fraction of sp³-hybridized carbons (Fsp3) is 0.462. The third-order valence-electron chi connectivity index (χ3n) is 3.01. The number of rotatable bonds is 3. The van der Waals surface area contributed by atoms with Crippen molar-refractivity contribution in [2.24, 2.45) is 0 Å². The first-order chi connectivity index (χ1) is 7.75. The molecule has 0 aromatic heterocycles. The average molecular weight is 219 g/mol. The van der Waals surface area contributed by atoms with Gasteiger partial charge >= 0.3 is 0 Å². The maximum Gasteiger partial charge on any atom is 0.176 e. The van der Waals surface area contributed by atoms with E-state index in [1.807, 2.05) is 0 Å². The molecule has 0 atom stereocenters. The summed E-state index contributed by atoms with van der Waals surface area (Å²) in [5.41, 5.74) is 0.684. The van der Waals surface area contributed by atoms with Crippen LogP contribution < -0.4 is 0 Å². The summed E-state index contributed by atoms with van der Waals surface area (Å²) in [5, 5.41) is 9.14. The molecule has 1 aliphatic rings. The van der Waals surface area contributed by atoms with Crippen molar-refractivity contribution in [1.82, 2.24) is 4.90 Å². The molecular weight excluding hydrogens is 202 g/mol. The second-order valence-electron chi connectivity index (χ2n) is 4.31. The summed E-state index contributed by atoms with van der Waals surface area (Å²) in [4.78, 5) is 14.1. The Balaban J connectivity index is 1.94. The number of Topliss-reactive ketones (excluding diaryl/α,β-unsaturated/α-hetero) is 1. The van der Waals surface area contributed by atoms with E-state index in [-0.39, 0.29) is 11.5 Å². The summed E-state index contributed by atoms with van der Waals surface area (Å²) in [6.07, 6.45) is 3.68. The number of phenolic OH excluding ortho intramolecular Hbond substituents is 1. The highest BCUT2D eigenvalue weighted by atomic mass is 16.3.